The minimum atomic E-state index is -0.592. The summed E-state index contributed by atoms with van der Waals surface area (Å²) in [4.78, 5) is 24.3. The Hall–Kier alpha value is -2.53. The Morgan fingerprint density at radius 2 is 1.77 bits per heavy atom. The maximum atomic E-state index is 12.5. The van der Waals surface area contributed by atoms with E-state index < -0.39 is 11.7 Å². The molecule has 0 aliphatic heterocycles. The first-order valence-corrected chi connectivity index (χ1v) is 8.68. The number of hydrogen-bond donors (Lipinski definition) is 2. The van der Waals surface area contributed by atoms with Gasteiger partial charge in [-0.2, -0.15) is 0 Å². The van der Waals surface area contributed by atoms with Crippen LogP contribution < -0.4 is 10.6 Å². The molecule has 0 radical (unpaired) electrons. The summed E-state index contributed by atoms with van der Waals surface area (Å²) in [5, 5.41) is 6.16. The SMILES string of the molecule is C[C@@H](NC(=O)c1cccc(NC(=O)OC(C)(C)C)c1)c1cccc(Cl)c1. The van der Waals surface area contributed by atoms with Crippen LogP contribution in [0.2, 0.25) is 5.02 Å². The monoisotopic (exact) mass is 374 g/mol. The molecule has 6 heteroatoms. The van der Waals surface area contributed by atoms with Crippen LogP contribution in [-0.2, 0) is 4.74 Å². The van der Waals surface area contributed by atoms with E-state index in [2.05, 4.69) is 10.6 Å². The molecule has 2 amide bonds. The fourth-order valence-corrected chi connectivity index (χ4v) is 2.50. The number of carbonyl (C=O) groups is 2. The first kappa shape index (κ1) is 19.8. The van der Waals surface area contributed by atoms with Gasteiger partial charge < -0.3 is 10.1 Å². The number of rotatable bonds is 4. The topological polar surface area (TPSA) is 67.4 Å². The first-order chi connectivity index (χ1) is 12.1. The zero-order valence-electron chi connectivity index (χ0n) is 15.3. The second-order valence-corrected chi connectivity index (χ2v) is 7.39. The largest absolute Gasteiger partial charge is 0.444 e. The lowest BCUT2D eigenvalue weighted by molar-refractivity contribution is 0.0635. The Kier molecular flexibility index (Phi) is 6.27. The number of hydrogen-bond acceptors (Lipinski definition) is 3. The van der Waals surface area contributed by atoms with Gasteiger partial charge in [-0.3, -0.25) is 10.1 Å². The van der Waals surface area contributed by atoms with E-state index in [1.165, 1.54) is 0 Å². The Morgan fingerprint density at radius 1 is 1.08 bits per heavy atom. The molecule has 0 spiro atoms. The molecular weight excluding hydrogens is 352 g/mol. The van der Waals surface area contributed by atoms with Gasteiger partial charge in [-0.1, -0.05) is 29.8 Å². The zero-order valence-corrected chi connectivity index (χ0v) is 16.1. The Balaban J connectivity index is 2.04. The zero-order chi connectivity index (χ0) is 19.3. The van der Waals surface area contributed by atoms with Crippen molar-refractivity contribution >= 4 is 29.3 Å². The molecule has 0 bridgehead atoms. The van der Waals surface area contributed by atoms with Gasteiger partial charge in [0.25, 0.3) is 5.91 Å². The molecule has 2 aromatic carbocycles. The lowest BCUT2D eigenvalue weighted by Crippen LogP contribution is -2.28. The van der Waals surface area contributed by atoms with Crippen molar-refractivity contribution in [2.45, 2.75) is 39.3 Å². The van der Waals surface area contributed by atoms with E-state index in [0.29, 0.717) is 16.3 Å². The van der Waals surface area contributed by atoms with Crippen molar-refractivity contribution < 1.29 is 14.3 Å². The second kappa shape index (κ2) is 8.23. The fourth-order valence-electron chi connectivity index (χ4n) is 2.30. The number of carbonyl (C=O) groups excluding carboxylic acids is 2. The van der Waals surface area contributed by atoms with E-state index in [1.807, 2.05) is 25.1 Å². The smallest absolute Gasteiger partial charge is 0.412 e. The predicted octanol–water partition coefficient (Wildman–Crippen LogP) is 5.18. The maximum absolute atomic E-state index is 12.5. The maximum Gasteiger partial charge on any atom is 0.412 e. The van der Waals surface area contributed by atoms with Gasteiger partial charge in [0.15, 0.2) is 0 Å². The highest BCUT2D eigenvalue weighted by Gasteiger charge is 2.17. The molecule has 0 fully saturated rings. The van der Waals surface area contributed by atoms with E-state index in [1.54, 1.807) is 51.1 Å². The van der Waals surface area contributed by atoms with E-state index in [0.717, 1.165) is 5.56 Å². The highest BCUT2D eigenvalue weighted by Crippen LogP contribution is 2.19. The number of benzene rings is 2. The van der Waals surface area contributed by atoms with Crippen molar-refractivity contribution in [1.82, 2.24) is 5.32 Å². The molecule has 2 N–H and O–H groups in total. The highest BCUT2D eigenvalue weighted by molar-refractivity contribution is 6.30. The molecule has 2 aromatic rings. The van der Waals surface area contributed by atoms with Crippen LogP contribution in [0.15, 0.2) is 48.5 Å². The predicted molar refractivity (Wildman–Crippen MR) is 104 cm³/mol. The second-order valence-electron chi connectivity index (χ2n) is 6.96. The Bertz CT molecular complexity index is 800. The van der Waals surface area contributed by atoms with Gasteiger partial charge in [0, 0.05) is 16.3 Å². The molecule has 5 nitrogen and oxygen atoms in total. The van der Waals surface area contributed by atoms with Crippen LogP contribution in [0.5, 0.6) is 0 Å². The number of ether oxygens (including phenoxy) is 1. The van der Waals surface area contributed by atoms with Crippen LogP contribution in [-0.4, -0.2) is 17.6 Å². The summed E-state index contributed by atoms with van der Waals surface area (Å²) < 4.78 is 5.21. The molecule has 0 heterocycles. The van der Waals surface area contributed by atoms with Gasteiger partial charge in [0.1, 0.15) is 5.60 Å². The average molecular weight is 375 g/mol. The van der Waals surface area contributed by atoms with E-state index >= 15 is 0 Å². The minimum Gasteiger partial charge on any atom is -0.444 e. The molecule has 0 saturated carbocycles. The summed E-state index contributed by atoms with van der Waals surface area (Å²) in [6, 6.07) is 13.8. The molecule has 0 aliphatic carbocycles. The molecule has 2 rings (SSSR count). The number of halogens is 1. The molecule has 138 valence electrons. The fraction of sp³-hybridized carbons (Fsp3) is 0.300. The first-order valence-electron chi connectivity index (χ1n) is 8.30. The van der Waals surface area contributed by atoms with Crippen LogP contribution >= 0.6 is 11.6 Å². The standard InChI is InChI=1S/C20H23ClN2O3/c1-13(14-7-5-9-16(21)11-14)22-18(24)15-8-6-10-17(12-15)23-19(25)26-20(2,3)4/h5-13H,1-4H3,(H,22,24)(H,23,25)/t13-/m1/s1. The number of amides is 2. The van der Waals surface area contributed by atoms with Gasteiger partial charge in [0.05, 0.1) is 6.04 Å². The molecule has 0 aliphatic rings. The summed E-state index contributed by atoms with van der Waals surface area (Å²) in [6.45, 7) is 7.24. The molecular formula is C20H23ClN2O3. The Labute approximate surface area is 158 Å². The third-order valence-electron chi connectivity index (χ3n) is 3.47. The highest BCUT2D eigenvalue weighted by atomic mass is 35.5. The van der Waals surface area contributed by atoms with Crippen LogP contribution in [0.4, 0.5) is 10.5 Å². The molecule has 26 heavy (non-hydrogen) atoms. The van der Waals surface area contributed by atoms with Gasteiger partial charge in [-0.25, -0.2) is 4.79 Å². The van der Waals surface area contributed by atoms with Gasteiger partial charge in [-0.15, -0.1) is 0 Å². The third-order valence-corrected chi connectivity index (χ3v) is 3.70. The van der Waals surface area contributed by atoms with Crippen molar-refractivity contribution in [3.63, 3.8) is 0 Å². The van der Waals surface area contributed by atoms with Crippen LogP contribution in [0.25, 0.3) is 0 Å². The average Bonchev–Trinajstić information content (AvgIpc) is 2.53. The Morgan fingerprint density at radius 3 is 2.42 bits per heavy atom. The number of nitrogens with one attached hydrogen (secondary N) is 2. The van der Waals surface area contributed by atoms with Gasteiger partial charge in [0.2, 0.25) is 0 Å². The summed E-state index contributed by atoms with van der Waals surface area (Å²) in [5.74, 6) is -0.245. The van der Waals surface area contributed by atoms with Crippen molar-refractivity contribution in [3.05, 3.63) is 64.7 Å². The van der Waals surface area contributed by atoms with Crippen LogP contribution in [0.1, 0.15) is 49.7 Å². The summed E-state index contributed by atoms with van der Waals surface area (Å²) in [5.41, 5.74) is 1.24. The van der Waals surface area contributed by atoms with Crippen molar-refractivity contribution in [3.8, 4) is 0 Å². The van der Waals surface area contributed by atoms with E-state index in [4.69, 9.17) is 16.3 Å². The quantitative estimate of drug-likeness (QED) is 0.774. The lowest BCUT2D eigenvalue weighted by atomic mass is 10.1. The third kappa shape index (κ3) is 6.08. The molecule has 0 aromatic heterocycles. The van der Waals surface area contributed by atoms with E-state index in [9.17, 15) is 9.59 Å². The van der Waals surface area contributed by atoms with E-state index in [-0.39, 0.29) is 11.9 Å². The minimum absolute atomic E-state index is 0.205. The summed E-state index contributed by atoms with van der Waals surface area (Å²) in [6.07, 6.45) is -0.567. The molecule has 0 saturated heterocycles. The van der Waals surface area contributed by atoms with Crippen LogP contribution in [0.3, 0.4) is 0 Å². The lowest BCUT2D eigenvalue weighted by Gasteiger charge is -2.20. The van der Waals surface area contributed by atoms with Crippen LogP contribution in [0, 0.1) is 0 Å². The van der Waals surface area contributed by atoms with Gasteiger partial charge >= 0.3 is 6.09 Å². The summed E-state index contributed by atoms with van der Waals surface area (Å²) in [7, 11) is 0. The normalized spacial score (nSPS) is 12.2. The summed E-state index contributed by atoms with van der Waals surface area (Å²) >= 11 is 5.99. The van der Waals surface area contributed by atoms with Gasteiger partial charge in [-0.05, 0) is 63.6 Å². The van der Waals surface area contributed by atoms with Crippen molar-refractivity contribution in [1.29, 1.82) is 0 Å². The number of anilines is 1. The molecule has 0 unspecified atom stereocenters. The van der Waals surface area contributed by atoms with Crippen molar-refractivity contribution in [2.75, 3.05) is 5.32 Å². The molecule has 1 atom stereocenters. The van der Waals surface area contributed by atoms with Crippen molar-refractivity contribution in [2.24, 2.45) is 0 Å².